The Morgan fingerprint density at radius 2 is 2.36 bits per heavy atom. The van der Waals surface area contributed by atoms with Gasteiger partial charge in [0, 0.05) is 37.6 Å². The van der Waals surface area contributed by atoms with Crippen molar-refractivity contribution in [2.75, 3.05) is 13.6 Å². The molecule has 3 rings (SSSR count). The van der Waals surface area contributed by atoms with Crippen molar-refractivity contribution in [2.24, 2.45) is 7.05 Å². The lowest BCUT2D eigenvalue weighted by Gasteiger charge is -2.26. The van der Waals surface area contributed by atoms with Crippen molar-refractivity contribution in [1.29, 1.82) is 0 Å². The van der Waals surface area contributed by atoms with Gasteiger partial charge in [0.1, 0.15) is 0 Å². The van der Waals surface area contributed by atoms with Gasteiger partial charge in [0.15, 0.2) is 0 Å². The Morgan fingerprint density at radius 1 is 1.55 bits per heavy atom. The fraction of sp³-hybridized carbons (Fsp3) is 0.562. The maximum Gasteiger partial charge on any atom is 0.228 e. The third-order valence-corrected chi connectivity index (χ3v) is 5.25. The summed E-state index contributed by atoms with van der Waals surface area (Å²) in [5, 5.41) is 5.42. The zero-order valence-electron chi connectivity index (χ0n) is 13.4. The second kappa shape index (κ2) is 6.20. The lowest BCUT2D eigenvalue weighted by molar-refractivity contribution is -0.129. The van der Waals surface area contributed by atoms with Crippen LogP contribution in [0.1, 0.15) is 40.0 Å². The minimum absolute atomic E-state index is 0.123. The van der Waals surface area contributed by atoms with E-state index in [1.807, 2.05) is 42.6 Å². The molecule has 0 saturated heterocycles. The molecule has 2 heterocycles. The Labute approximate surface area is 135 Å². The molecule has 0 radical (unpaired) electrons. The number of nitrogens with zero attached hydrogens (tertiary/aromatic N) is 4. The summed E-state index contributed by atoms with van der Waals surface area (Å²) in [6, 6.07) is 1.90. The predicted molar refractivity (Wildman–Crippen MR) is 87.1 cm³/mol. The number of carbonyl (C=O) groups is 1. The number of hydrogen-bond acceptors (Lipinski definition) is 4. The first-order valence-electron chi connectivity index (χ1n) is 7.71. The van der Waals surface area contributed by atoms with Crippen molar-refractivity contribution in [3.63, 3.8) is 0 Å². The number of aromatic nitrogens is 3. The number of thiazole rings is 1. The molecule has 5 nitrogen and oxygen atoms in total. The number of aryl methyl sites for hydroxylation is 3. The SMILES string of the molecule is Cc1nc2c(s1)CCC[C@@H]2CN(C)C(=O)Cc1ccn(C)n1. The van der Waals surface area contributed by atoms with E-state index in [1.165, 1.54) is 17.0 Å². The predicted octanol–water partition coefficient (Wildman–Crippen LogP) is 2.31. The van der Waals surface area contributed by atoms with Gasteiger partial charge in [-0.3, -0.25) is 9.48 Å². The lowest BCUT2D eigenvalue weighted by atomic mass is 9.90. The molecular formula is C16H22N4OS. The molecule has 1 atom stereocenters. The van der Waals surface area contributed by atoms with Crippen LogP contribution in [0.2, 0.25) is 0 Å². The monoisotopic (exact) mass is 318 g/mol. The largest absolute Gasteiger partial charge is 0.345 e. The van der Waals surface area contributed by atoms with Crippen LogP contribution in [0.15, 0.2) is 12.3 Å². The van der Waals surface area contributed by atoms with Crippen molar-refractivity contribution in [3.05, 3.63) is 33.5 Å². The maximum absolute atomic E-state index is 12.4. The van der Waals surface area contributed by atoms with Crippen LogP contribution in [-0.2, 0) is 24.7 Å². The second-order valence-electron chi connectivity index (χ2n) is 6.06. The van der Waals surface area contributed by atoms with Crippen molar-refractivity contribution in [2.45, 2.75) is 38.5 Å². The van der Waals surface area contributed by atoms with E-state index in [0.717, 1.165) is 30.1 Å². The molecule has 118 valence electrons. The van der Waals surface area contributed by atoms with Crippen LogP contribution in [0.4, 0.5) is 0 Å². The van der Waals surface area contributed by atoms with Crippen LogP contribution in [0.25, 0.3) is 0 Å². The highest BCUT2D eigenvalue weighted by Crippen LogP contribution is 2.34. The summed E-state index contributed by atoms with van der Waals surface area (Å²) in [5.74, 6) is 0.504. The zero-order valence-corrected chi connectivity index (χ0v) is 14.2. The second-order valence-corrected chi connectivity index (χ2v) is 7.35. The molecule has 0 N–H and O–H groups in total. The summed E-state index contributed by atoms with van der Waals surface area (Å²) in [4.78, 5) is 20.3. The average Bonchev–Trinajstić information content (AvgIpc) is 3.04. The minimum atomic E-state index is 0.123. The lowest BCUT2D eigenvalue weighted by Crippen LogP contribution is -2.33. The molecule has 22 heavy (non-hydrogen) atoms. The first-order chi connectivity index (χ1) is 10.5. The number of rotatable bonds is 4. The Bertz CT molecular complexity index is 675. The summed E-state index contributed by atoms with van der Waals surface area (Å²) in [6.07, 6.45) is 5.70. The highest BCUT2D eigenvalue weighted by molar-refractivity contribution is 7.11. The standard InChI is InChI=1S/C16H22N4OS/c1-11-17-16-12(5-4-6-14(16)22-11)10-19(2)15(21)9-13-7-8-20(3)18-13/h7-8,12H,4-6,9-10H2,1-3H3/t12-/m1/s1. The van der Waals surface area contributed by atoms with Crippen LogP contribution >= 0.6 is 11.3 Å². The van der Waals surface area contributed by atoms with E-state index < -0.39 is 0 Å². The highest BCUT2D eigenvalue weighted by Gasteiger charge is 2.26. The first-order valence-corrected chi connectivity index (χ1v) is 8.53. The highest BCUT2D eigenvalue weighted by atomic mass is 32.1. The van der Waals surface area contributed by atoms with Crippen molar-refractivity contribution < 1.29 is 4.79 Å². The molecule has 0 fully saturated rings. The molecule has 1 aliphatic carbocycles. The topological polar surface area (TPSA) is 51.0 Å². The molecule has 0 aromatic carbocycles. The fourth-order valence-electron chi connectivity index (χ4n) is 3.09. The first kappa shape index (κ1) is 15.2. The summed E-state index contributed by atoms with van der Waals surface area (Å²) in [6.45, 7) is 2.82. The van der Waals surface area contributed by atoms with Gasteiger partial charge in [-0.2, -0.15) is 5.10 Å². The van der Waals surface area contributed by atoms with E-state index in [1.54, 1.807) is 4.68 Å². The summed E-state index contributed by atoms with van der Waals surface area (Å²) < 4.78 is 1.73. The smallest absolute Gasteiger partial charge is 0.228 e. The summed E-state index contributed by atoms with van der Waals surface area (Å²) >= 11 is 1.81. The van der Waals surface area contributed by atoms with Crippen LogP contribution < -0.4 is 0 Å². The quantitative estimate of drug-likeness (QED) is 0.869. The Hall–Kier alpha value is -1.69. The number of carbonyl (C=O) groups excluding carboxylic acids is 1. The van der Waals surface area contributed by atoms with Gasteiger partial charge >= 0.3 is 0 Å². The van der Waals surface area contributed by atoms with Crippen LogP contribution in [0.5, 0.6) is 0 Å². The molecule has 0 aliphatic heterocycles. The average molecular weight is 318 g/mol. The van der Waals surface area contributed by atoms with E-state index in [0.29, 0.717) is 12.3 Å². The van der Waals surface area contributed by atoms with Crippen molar-refractivity contribution in [1.82, 2.24) is 19.7 Å². The van der Waals surface area contributed by atoms with Gasteiger partial charge < -0.3 is 4.90 Å². The van der Waals surface area contributed by atoms with Gasteiger partial charge in [-0.25, -0.2) is 4.98 Å². The van der Waals surface area contributed by atoms with E-state index in [-0.39, 0.29) is 5.91 Å². The third kappa shape index (κ3) is 3.21. The molecule has 2 aromatic rings. The van der Waals surface area contributed by atoms with Gasteiger partial charge in [0.2, 0.25) is 5.91 Å². The van der Waals surface area contributed by atoms with Crippen LogP contribution in [-0.4, -0.2) is 39.2 Å². The summed E-state index contributed by atoms with van der Waals surface area (Å²) in [7, 11) is 3.75. The molecule has 6 heteroatoms. The van der Waals surface area contributed by atoms with Gasteiger partial charge in [-0.05, 0) is 32.3 Å². The van der Waals surface area contributed by atoms with Gasteiger partial charge in [-0.1, -0.05) is 0 Å². The minimum Gasteiger partial charge on any atom is -0.345 e. The van der Waals surface area contributed by atoms with Gasteiger partial charge in [0.25, 0.3) is 0 Å². The van der Waals surface area contributed by atoms with Gasteiger partial charge in [-0.15, -0.1) is 11.3 Å². The normalized spacial score (nSPS) is 17.3. The number of amides is 1. The van der Waals surface area contributed by atoms with E-state index in [2.05, 4.69) is 12.0 Å². The molecular weight excluding hydrogens is 296 g/mol. The Morgan fingerprint density at radius 3 is 3.09 bits per heavy atom. The van der Waals surface area contributed by atoms with E-state index >= 15 is 0 Å². The number of likely N-dealkylation sites (N-methyl/N-ethyl adjacent to an activating group) is 1. The Kier molecular flexibility index (Phi) is 4.29. The van der Waals surface area contributed by atoms with Gasteiger partial charge in [0.05, 0.1) is 22.8 Å². The van der Waals surface area contributed by atoms with Crippen LogP contribution in [0.3, 0.4) is 0 Å². The molecule has 0 saturated carbocycles. The summed E-state index contributed by atoms with van der Waals surface area (Å²) in [5.41, 5.74) is 2.06. The van der Waals surface area contributed by atoms with Crippen LogP contribution in [0, 0.1) is 6.92 Å². The number of hydrogen-bond donors (Lipinski definition) is 0. The maximum atomic E-state index is 12.4. The fourth-order valence-corrected chi connectivity index (χ4v) is 4.15. The van der Waals surface area contributed by atoms with E-state index in [9.17, 15) is 4.79 Å². The van der Waals surface area contributed by atoms with E-state index in [4.69, 9.17) is 4.98 Å². The molecule has 2 aromatic heterocycles. The van der Waals surface area contributed by atoms with Crippen molar-refractivity contribution in [3.8, 4) is 0 Å². The zero-order chi connectivity index (χ0) is 15.7. The Balaban J connectivity index is 1.64. The molecule has 0 spiro atoms. The number of fused-ring (bicyclic) bond motifs is 1. The van der Waals surface area contributed by atoms with Crippen molar-refractivity contribution >= 4 is 17.2 Å². The molecule has 0 unspecified atom stereocenters. The molecule has 1 aliphatic rings. The molecule has 1 amide bonds. The third-order valence-electron chi connectivity index (χ3n) is 4.20. The molecule has 0 bridgehead atoms.